The molecule has 1 N–H and O–H groups in total. The van der Waals surface area contributed by atoms with Crippen LogP contribution in [0.4, 0.5) is 0 Å². The number of methoxy groups -OCH3 is 1. The zero-order valence-electron chi connectivity index (χ0n) is 11.1. The Kier molecular flexibility index (Phi) is 5.36. The third-order valence-corrected chi connectivity index (χ3v) is 3.50. The molecule has 0 spiro atoms. The molecule has 0 aromatic heterocycles. The lowest BCUT2D eigenvalue weighted by Crippen LogP contribution is -2.18. The monoisotopic (exact) mass is 366 g/mol. The Hall–Kier alpha value is -1.85. The van der Waals surface area contributed by atoms with Gasteiger partial charge in [-0.2, -0.15) is 5.10 Å². The number of carbonyl (C=O) groups excluding carboxylic acids is 1. The van der Waals surface area contributed by atoms with E-state index in [1.807, 2.05) is 12.1 Å². The van der Waals surface area contributed by atoms with Crippen molar-refractivity contribution in [3.8, 4) is 5.75 Å². The van der Waals surface area contributed by atoms with Crippen molar-refractivity contribution in [2.24, 2.45) is 5.10 Å². The zero-order chi connectivity index (χ0) is 15.2. The summed E-state index contributed by atoms with van der Waals surface area (Å²) >= 11 is 9.32. The first-order valence-corrected chi connectivity index (χ1v) is 7.20. The maximum absolute atomic E-state index is 11.9. The number of halogens is 2. The van der Waals surface area contributed by atoms with Gasteiger partial charge in [-0.25, -0.2) is 5.43 Å². The molecule has 1 amide bonds. The molecule has 21 heavy (non-hydrogen) atoms. The molecule has 4 nitrogen and oxygen atoms in total. The van der Waals surface area contributed by atoms with E-state index in [2.05, 4.69) is 26.5 Å². The van der Waals surface area contributed by atoms with Gasteiger partial charge < -0.3 is 4.74 Å². The quantitative estimate of drug-likeness (QED) is 0.659. The van der Waals surface area contributed by atoms with E-state index in [1.54, 1.807) is 37.4 Å². The first-order chi connectivity index (χ1) is 10.1. The first-order valence-electron chi connectivity index (χ1n) is 6.03. The predicted molar refractivity (Wildman–Crippen MR) is 87.2 cm³/mol. The topological polar surface area (TPSA) is 50.7 Å². The highest BCUT2D eigenvalue weighted by molar-refractivity contribution is 9.10. The second-order valence-electron chi connectivity index (χ2n) is 4.07. The summed E-state index contributed by atoms with van der Waals surface area (Å²) in [5.41, 5.74) is 3.55. The van der Waals surface area contributed by atoms with E-state index in [4.69, 9.17) is 16.3 Å². The van der Waals surface area contributed by atoms with Crippen LogP contribution in [0.3, 0.4) is 0 Å². The van der Waals surface area contributed by atoms with Gasteiger partial charge in [0.2, 0.25) is 0 Å². The number of hydrogen-bond acceptors (Lipinski definition) is 3. The fourth-order valence-electron chi connectivity index (χ4n) is 1.67. The van der Waals surface area contributed by atoms with Crippen LogP contribution in [0.5, 0.6) is 5.75 Å². The molecule has 0 bridgehead atoms. The van der Waals surface area contributed by atoms with Crippen molar-refractivity contribution in [2.45, 2.75) is 0 Å². The fraction of sp³-hybridized carbons (Fsp3) is 0.0667. The summed E-state index contributed by atoms with van der Waals surface area (Å²) in [5, 5.41) is 4.30. The van der Waals surface area contributed by atoms with E-state index in [1.165, 1.54) is 6.21 Å². The van der Waals surface area contributed by atoms with Gasteiger partial charge in [0, 0.05) is 10.0 Å². The predicted octanol–water partition coefficient (Wildman–Crippen LogP) is 3.88. The van der Waals surface area contributed by atoms with Crippen LogP contribution in [-0.4, -0.2) is 19.2 Å². The lowest BCUT2D eigenvalue weighted by molar-refractivity contribution is 0.0955. The molecule has 6 heteroatoms. The van der Waals surface area contributed by atoms with Gasteiger partial charge in [-0.05, 0) is 30.3 Å². The normalized spacial score (nSPS) is 10.6. The summed E-state index contributed by atoms with van der Waals surface area (Å²) in [5.74, 6) is 0.291. The van der Waals surface area contributed by atoms with Crippen LogP contribution < -0.4 is 10.2 Å². The molecule has 0 radical (unpaired) electrons. The number of ether oxygens (including phenoxy) is 1. The molecule has 2 aromatic rings. The van der Waals surface area contributed by atoms with Gasteiger partial charge in [0.15, 0.2) is 0 Å². The van der Waals surface area contributed by atoms with Gasteiger partial charge in [0.1, 0.15) is 5.75 Å². The van der Waals surface area contributed by atoms with Gasteiger partial charge in [-0.3, -0.25) is 4.79 Å². The molecule has 0 aliphatic rings. The second kappa shape index (κ2) is 7.24. The lowest BCUT2D eigenvalue weighted by Gasteiger charge is -2.05. The van der Waals surface area contributed by atoms with Crippen molar-refractivity contribution in [1.29, 1.82) is 0 Å². The van der Waals surface area contributed by atoms with Gasteiger partial charge in [0.05, 0.1) is 23.9 Å². The molecule has 0 saturated carbocycles. The fourth-order valence-corrected chi connectivity index (χ4v) is 2.27. The van der Waals surface area contributed by atoms with Crippen molar-refractivity contribution in [3.63, 3.8) is 0 Å². The number of hydrazone groups is 1. The minimum Gasteiger partial charge on any atom is -0.496 e. The van der Waals surface area contributed by atoms with Crippen LogP contribution in [0.2, 0.25) is 5.02 Å². The van der Waals surface area contributed by atoms with Crippen molar-refractivity contribution in [1.82, 2.24) is 5.43 Å². The molecule has 0 heterocycles. The highest BCUT2D eigenvalue weighted by Crippen LogP contribution is 2.21. The standard InChI is InChI=1S/C15H12BrClN2O2/c1-21-14-7-6-11(16)8-10(14)9-18-19-15(20)12-4-2-3-5-13(12)17/h2-9H,1H3,(H,19,20)/b18-9-. The highest BCUT2D eigenvalue weighted by Gasteiger charge is 2.08. The SMILES string of the molecule is COc1ccc(Br)cc1/C=N\NC(=O)c1ccccc1Cl. The summed E-state index contributed by atoms with van der Waals surface area (Å²) in [6.45, 7) is 0. The largest absolute Gasteiger partial charge is 0.496 e. The third-order valence-electron chi connectivity index (χ3n) is 2.68. The summed E-state index contributed by atoms with van der Waals surface area (Å²) in [6, 6.07) is 12.3. The van der Waals surface area contributed by atoms with Crippen LogP contribution in [0, 0.1) is 0 Å². The third kappa shape index (κ3) is 4.06. The Morgan fingerprint density at radius 1 is 1.33 bits per heavy atom. The summed E-state index contributed by atoms with van der Waals surface area (Å²) < 4.78 is 6.11. The van der Waals surface area contributed by atoms with Crippen molar-refractivity contribution >= 4 is 39.7 Å². The minimum atomic E-state index is -0.370. The van der Waals surface area contributed by atoms with E-state index in [9.17, 15) is 4.79 Å². The number of carbonyl (C=O) groups is 1. The maximum atomic E-state index is 11.9. The molecule has 0 aliphatic carbocycles. The number of amides is 1. The number of nitrogens with one attached hydrogen (secondary N) is 1. The number of nitrogens with zero attached hydrogens (tertiary/aromatic N) is 1. The van der Waals surface area contributed by atoms with Crippen LogP contribution in [0.15, 0.2) is 52.0 Å². The minimum absolute atomic E-state index is 0.370. The number of benzene rings is 2. The average molecular weight is 368 g/mol. The van der Waals surface area contributed by atoms with E-state index >= 15 is 0 Å². The zero-order valence-corrected chi connectivity index (χ0v) is 13.5. The molecular weight excluding hydrogens is 356 g/mol. The van der Waals surface area contributed by atoms with Crippen LogP contribution in [0.1, 0.15) is 15.9 Å². The molecule has 2 aromatic carbocycles. The van der Waals surface area contributed by atoms with Crippen LogP contribution >= 0.6 is 27.5 Å². The smallest absolute Gasteiger partial charge is 0.272 e. The Bertz CT molecular complexity index is 689. The molecule has 108 valence electrons. The number of hydrogen-bond donors (Lipinski definition) is 1. The lowest BCUT2D eigenvalue weighted by atomic mass is 10.2. The highest BCUT2D eigenvalue weighted by atomic mass is 79.9. The Balaban J connectivity index is 2.11. The molecular formula is C15H12BrClN2O2. The van der Waals surface area contributed by atoms with Crippen molar-refractivity contribution in [2.75, 3.05) is 7.11 Å². The van der Waals surface area contributed by atoms with Gasteiger partial charge in [-0.15, -0.1) is 0 Å². The van der Waals surface area contributed by atoms with Crippen molar-refractivity contribution in [3.05, 3.63) is 63.1 Å². The molecule has 0 saturated heterocycles. The van der Waals surface area contributed by atoms with E-state index in [-0.39, 0.29) is 5.91 Å². The van der Waals surface area contributed by atoms with Gasteiger partial charge in [-0.1, -0.05) is 39.7 Å². The van der Waals surface area contributed by atoms with Crippen molar-refractivity contribution < 1.29 is 9.53 Å². The average Bonchev–Trinajstić information content (AvgIpc) is 2.48. The number of rotatable bonds is 4. The molecule has 0 fully saturated rings. The Morgan fingerprint density at radius 3 is 2.81 bits per heavy atom. The Morgan fingerprint density at radius 2 is 2.10 bits per heavy atom. The molecule has 0 unspecified atom stereocenters. The molecule has 2 rings (SSSR count). The van der Waals surface area contributed by atoms with Gasteiger partial charge >= 0.3 is 0 Å². The maximum Gasteiger partial charge on any atom is 0.272 e. The first kappa shape index (κ1) is 15.5. The summed E-state index contributed by atoms with van der Waals surface area (Å²) in [7, 11) is 1.57. The van der Waals surface area contributed by atoms with Gasteiger partial charge in [0.25, 0.3) is 5.91 Å². The van der Waals surface area contributed by atoms with E-state index in [0.29, 0.717) is 16.3 Å². The van der Waals surface area contributed by atoms with Crippen LogP contribution in [-0.2, 0) is 0 Å². The second-order valence-corrected chi connectivity index (χ2v) is 5.39. The molecule has 0 aliphatic heterocycles. The Labute approximate surface area is 135 Å². The summed E-state index contributed by atoms with van der Waals surface area (Å²) in [6.07, 6.45) is 1.51. The molecule has 0 atom stereocenters. The summed E-state index contributed by atoms with van der Waals surface area (Å²) in [4.78, 5) is 11.9. The van der Waals surface area contributed by atoms with E-state index < -0.39 is 0 Å². The van der Waals surface area contributed by atoms with Crippen LogP contribution in [0.25, 0.3) is 0 Å². The van der Waals surface area contributed by atoms with E-state index in [0.717, 1.165) is 10.0 Å².